The molecule has 2 aromatic carbocycles. The van der Waals surface area contributed by atoms with E-state index in [4.69, 9.17) is 5.10 Å². The smallest absolute Gasteiger partial charge is 0.254 e. The standard InChI is InChI=1S/C27H30N4O/c1-4-11-24-23(27(32)29-19(2)16-17-21-12-7-5-8-13-21)18-28-26-25(20(3)30-31(24)26)22-14-9-6-10-15-22/h5-10,12-15,18-19H,4,11,16-17H2,1-3H3,(H,29,32). The van der Waals surface area contributed by atoms with Gasteiger partial charge in [0, 0.05) is 17.8 Å². The minimum absolute atomic E-state index is 0.0621. The summed E-state index contributed by atoms with van der Waals surface area (Å²) in [7, 11) is 0. The van der Waals surface area contributed by atoms with Crippen molar-refractivity contribution in [2.75, 3.05) is 0 Å². The van der Waals surface area contributed by atoms with E-state index in [0.29, 0.717) is 5.56 Å². The van der Waals surface area contributed by atoms with E-state index in [1.165, 1.54) is 5.56 Å². The molecule has 5 heteroatoms. The Balaban J connectivity index is 1.60. The van der Waals surface area contributed by atoms with Crippen LogP contribution in [-0.2, 0) is 12.8 Å². The van der Waals surface area contributed by atoms with Crippen molar-refractivity contribution in [2.45, 2.75) is 52.5 Å². The molecule has 32 heavy (non-hydrogen) atoms. The maximum absolute atomic E-state index is 13.2. The normalized spacial score (nSPS) is 12.1. The predicted molar refractivity (Wildman–Crippen MR) is 129 cm³/mol. The van der Waals surface area contributed by atoms with Crippen molar-refractivity contribution in [2.24, 2.45) is 0 Å². The van der Waals surface area contributed by atoms with E-state index in [1.807, 2.05) is 47.8 Å². The number of amides is 1. The van der Waals surface area contributed by atoms with Crippen molar-refractivity contribution in [3.05, 3.63) is 89.4 Å². The minimum atomic E-state index is -0.0853. The number of nitrogens with zero attached hydrogens (tertiary/aromatic N) is 3. The Kier molecular flexibility index (Phi) is 6.64. The van der Waals surface area contributed by atoms with Crippen LogP contribution in [0, 0.1) is 6.92 Å². The molecule has 0 aliphatic carbocycles. The highest BCUT2D eigenvalue weighted by Crippen LogP contribution is 2.28. The van der Waals surface area contributed by atoms with Crippen LogP contribution in [0.15, 0.2) is 66.9 Å². The zero-order chi connectivity index (χ0) is 22.5. The summed E-state index contributed by atoms with van der Waals surface area (Å²) in [5.41, 5.74) is 6.61. The third-order valence-corrected chi connectivity index (χ3v) is 5.80. The molecule has 0 spiro atoms. The van der Waals surface area contributed by atoms with Gasteiger partial charge in [-0.05, 0) is 44.2 Å². The van der Waals surface area contributed by atoms with Crippen molar-refractivity contribution in [3.8, 4) is 11.1 Å². The van der Waals surface area contributed by atoms with Gasteiger partial charge in [-0.15, -0.1) is 0 Å². The number of aromatic nitrogens is 3. The lowest BCUT2D eigenvalue weighted by Crippen LogP contribution is -2.34. The quantitative estimate of drug-likeness (QED) is 0.410. The first kappa shape index (κ1) is 21.8. The first-order valence-electron chi connectivity index (χ1n) is 11.4. The molecule has 164 valence electrons. The number of carbonyl (C=O) groups excluding carboxylic acids is 1. The molecule has 1 unspecified atom stereocenters. The number of fused-ring (bicyclic) bond motifs is 1. The van der Waals surface area contributed by atoms with Crippen LogP contribution in [0.5, 0.6) is 0 Å². The fourth-order valence-corrected chi connectivity index (χ4v) is 4.15. The zero-order valence-electron chi connectivity index (χ0n) is 19.0. The maximum atomic E-state index is 13.2. The average Bonchev–Trinajstić information content (AvgIpc) is 3.15. The lowest BCUT2D eigenvalue weighted by molar-refractivity contribution is 0.0936. The van der Waals surface area contributed by atoms with Gasteiger partial charge < -0.3 is 5.32 Å². The molecule has 2 aromatic heterocycles. The molecule has 0 saturated carbocycles. The van der Waals surface area contributed by atoms with Crippen LogP contribution in [0.4, 0.5) is 0 Å². The van der Waals surface area contributed by atoms with Crippen LogP contribution >= 0.6 is 0 Å². The topological polar surface area (TPSA) is 59.3 Å². The molecule has 0 bridgehead atoms. The number of aryl methyl sites for hydroxylation is 3. The van der Waals surface area contributed by atoms with Gasteiger partial charge >= 0.3 is 0 Å². The molecule has 5 nitrogen and oxygen atoms in total. The van der Waals surface area contributed by atoms with Gasteiger partial charge in [-0.25, -0.2) is 9.50 Å². The van der Waals surface area contributed by atoms with E-state index in [0.717, 1.165) is 53.8 Å². The van der Waals surface area contributed by atoms with Crippen LogP contribution in [0.2, 0.25) is 0 Å². The molecule has 0 aliphatic rings. The van der Waals surface area contributed by atoms with E-state index in [-0.39, 0.29) is 11.9 Å². The third-order valence-electron chi connectivity index (χ3n) is 5.80. The van der Waals surface area contributed by atoms with Gasteiger partial charge in [-0.2, -0.15) is 5.10 Å². The lowest BCUT2D eigenvalue weighted by atomic mass is 10.0. The fourth-order valence-electron chi connectivity index (χ4n) is 4.15. The first-order valence-corrected chi connectivity index (χ1v) is 11.4. The molecule has 1 amide bonds. The predicted octanol–water partition coefficient (Wildman–Crippen LogP) is 5.41. The third kappa shape index (κ3) is 4.57. The van der Waals surface area contributed by atoms with E-state index < -0.39 is 0 Å². The second-order valence-electron chi connectivity index (χ2n) is 8.33. The SMILES string of the molecule is CCCc1c(C(=O)NC(C)CCc2ccccc2)cnc2c(-c3ccccc3)c(C)nn12. The Morgan fingerprint density at radius 3 is 2.41 bits per heavy atom. The van der Waals surface area contributed by atoms with Gasteiger partial charge in [-0.1, -0.05) is 74.0 Å². The van der Waals surface area contributed by atoms with Gasteiger partial charge in [0.2, 0.25) is 0 Å². The van der Waals surface area contributed by atoms with Crippen molar-refractivity contribution in [1.82, 2.24) is 19.9 Å². The minimum Gasteiger partial charge on any atom is -0.349 e. The highest BCUT2D eigenvalue weighted by Gasteiger charge is 2.21. The second-order valence-corrected chi connectivity index (χ2v) is 8.33. The number of nitrogens with one attached hydrogen (secondary N) is 1. The Bertz CT molecular complexity index is 1200. The molecule has 2 heterocycles. The van der Waals surface area contributed by atoms with Crippen molar-refractivity contribution >= 4 is 11.6 Å². The van der Waals surface area contributed by atoms with Crippen LogP contribution < -0.4 is 5.32 Å². The van der Waals surface area contributed by atoms with Gasteiger partial charge in [-0.3, -0.25) is 4.79 Å². The largest absolute Gasteiger partial charge is 0.349 e. The molecule has 1 N–H and O–H groups in total. The van der Waals surface area contributed by atoms with Crippen LogP contribution in [0.25, 0.3) is 16.8 Å². The average molecular weight is 427 g/mol. The number of rotatable bonds is 8. The summed E-state index contributed by atoms with van der Waals surface area (Å²) in [5.74, 6) is -0.0853. The monoisotopic (exact) mass is 426 g/mol. The molecular weight excluding hydrogens is 396 g/mol. The van der Waals surface area contributed by atoms with E-state index in [9.17, 15) is 4.79 Å². The maximum Gasteiger partial charge on any atom is 0.254 e. The fraction of sp³-hybridized carbons (Fsp3) is 0.296. The molecule has 4 aromatic rings. The van der Waals surface area contributed by atoms with Gasteiger partial charge in [0.05, 0.1) is 17.0 Å². The van der Waals surface area contributed by atoms with Gasteiger partial charge in [0.25, 0.3) is 5.91 Å². The first-order chi connectivity index (χ1) is 15.6. The summed E-state index contributed by atoms with van der Waals surface area (Å²) >= 11 is 0. The molecular formula is C27H30N4O. The number of benzene rings is 2. The Morgan fingerprint density at radius 2 is 1.72 bits per heavy atom. The van der Waals surface area contributed by atoms with Gasteiger partial charge in [0.1, 0.15) is 0 Å². The highest BCUT2D eigenvalue weighted by molar-refractivity contribution is 5.96. The highest BCUT2D eigenvalue weighted by atomic mass is 16.1. The molecule has 0 fully saturated rings. The summed E-state index contributed by atoms with van der Waals surface area (Å²) < 4.78 is 1.87. The zero-order valence-corrected chi connectivity index (χ0v) is 19.0. The second kappa shape index (κ2) is 9.77. The molecule has 0 aliphatic heterocycles. The summed E-state index contributed by atoms with van der Waals surface area (Å²) in [6.45, 7) is 6.17. The number of carbonyl (C=O) groups is 1. The van der Waals surface area contributed by atoms with E-state index in [1.54, 1.807) is 6.20 Å². The van der Waals surface area contributed by atoms with E-state index in [2.05, 4.69) is 48.4 Å². The van der Waals surface area contributed by atoms with Crippen LogP contribution in [0.1, 0.15) is 54.0 Å². The van der Waals surface area contributed by atoms with Crippen molar-refractivity contribution in [3.63, 3.8) is 0 Å². The molecule has 1 atom stereocenters. The van der Waals surface area contributed by atoms with Crippen LogP contribution in [0.3, 0.4) is 0 Å². The number of hydrogen-bond acceptors (Lipinski definition) is 3. The lowest BCUT2D eigenvalue weighted by Gasteiger charge is -2.16. The number of hydrogen-bond donors (Lipinski definition) is 1. The molecule has 0 radical (unpaired) electrons. The Labute approximate surface area is 189 Å². The summed E-state index contributed by atoms with van der Waals surface area (Å²) in [5, 5.41) is 7.94. The van der Waals surface area contributed by atoms with E-state index >= 15 is 0 Å². The van der Waals surface area contributed by atoms with Gasteiger partial charge in [0.15, 0.2) is 5.65 Å². The van der Waals surface area contributed by atoms with Crippen molar-refractivity contribution in [1.29, 1.82) is 0 Å². The Morgan fingerprint density at radius 1 is 1.03 bits per heavy atom. The van der Waals surface area contributed by atoms with Crippen molar-refractivity contribution < 1.29 is 4.79 Å². The molecule has 4 rings (SSSR count). The molecule has 0 saturated heterocycles. The van der Waals surface area contributed by atoms with Crippen LogP contribution in [-0.4, -0.2) is 26.5 Å². The summed E-state index contributed by atoms with van der Waals surface area (Å²) in [4.78, 5) is 17.9. The summed E-state index contributed by atoms with van der Waals surface area (Å²) in [6.07, 6.45) is 5.21. The summed E-state index contributed by atoms with van der Waals surface area (Å²) in [6, 6.07) is 20.6. The Hall–Kier alpha value is -3.47.